The maximum Gasteiger partial charge on any atom is 0.348 e. The van der Waals surface area contributed by atoms with E-state index in [-0.39, 0.29) is 5.97 Å². The summed E-state index contributed by atoms with van der Waals surface area (Å²) in [5, 5.41) is 0. The minimum absolute atomic E-state index is 0.306. The second-order valence-electron chi connectivity index (χ2n) is 8.10. The fourth-order valence-corrected chi connectivity index (χ4v) is 5.06. The highest BCUT2D eigenvalue weighted by Crippen LogP contribution is 2.36. The van der Waals surface area contributed by atoms with Gasteiger partial charge in [0.2, 0.25) is 0 Å². The zero-order valence-corrected chi connectivity index (χ0v) is 20.6. The Bertz CT molecular complexity index is 1370. The number of hydrogen-bond donors (Lipinski definition) is 0. The molecule has 174 valence electrons. The molecule has 0 aliphatic heterocycles. The first kappa shape index (κ1) is 23.5. The number of nitrogens with zero attached hydrogens (tertiary/aromatic N) is 3. The van der Waals surface area contributed by atoms with Crippen molar-refractivity contribution in [2.45, 2.75) is 33.2 Å². The fraction of sp³-hybridized carbons (Fsp3) is 0.214. The number of aromatic nitrogens is 3. The van der Waals surface area contributed by atoms with Gasteiger partial charge >= 0.3 is 5.97 Å². The molecule has 0 bridgehead atoms. The van der Waals surface area contributed by atoms with Crippen molar-refractivity contribution in [3.05, 3.63) is 95.9 Å². The molecule has 6 heteroatoms. The number of hydrogen-bond acceptors (Lipinski definition) is 4. The molecule has 0 radical (unpaired) electrons. The van der Waals surface area contributed by atoms with Crippen LogP contribution in [0.2, 0.25) is 0 Å². The maximum atomic E-state index is 12.2. The van der Waals surface area contributed by atoms with E-state index in [0.717, 1.165) is 45.6 Å². The van der Waals surface area contributed by atoms with E-state index in [4.69, 9.17) is 4.74 Å². The Hall–Kier alpha value is -3.64. The number of aryl methyl sites for hydroxylation is 1. The van der Waals surface area contributed by atoms with Crippen LogP contribution in [0.1, 0.15) is 35.0 Å². The second kappa shape index (κ2) is 10.5. The first-order chi connectivity index (χ1) is 16.5. The van der Waals surface area contributed by atoms with Crippen LogP contribution in [0.5, 0.6) is 0 Å². The Balaban J connectivity index is 1.83. The third-order valence-corrected chi connectivity index (χ3v) is 6.78. The lowest BCUT2D eigenvalue weighted by molar-refractivity contribution is 0.0606. The van der Waals surface area contributed by atoms with Crippen molar-refractivity contribution in [2.24, 2.45) is 0 Å². The average molecular weight is 472 g/mol. The standard InChI is InChI=1S/C28H29N3O2S/c1-5-7-8-10-21(9-6-2)18-31-24(16-26-25(31)17-27(34-26)28(32)33-4)23-12-11-22(15-20(23)3)30-14-13-29-19-30/h6,8-17,19H,2,5,7,18H2,1,3-4H3/b10-8-,21-9+. The molecule has 0 saturated carbocycles. The first-order valence-corrected chi connectivity index (χ1v) is 12.2. The number of esters is 1. The van der Waals surface area contributed by atoms with Crippen LogP contribution in [0.25, 0.3) is 27.2 Å². The van der Waals surface area contributed by atoms with E-state index in [1.165, 1.54) is 24.0 Å². The zero-order chi connectivity index (χ0) is 24.1. The first-order valence-electron chi connectivity index (χ1n) is 11.3. The predicted octanol–water partition coefficient (Wildman–Crippen LogP) is 7.12. The van der Waals surface area contributed by atoms with Crippen molar-refractivity contribution in [1.82, 2.24) is 14.1 Å². The predicted molar refractivity (Wildman–Crippen MR) is 141 cm³/mol. The summed E-state index contributed by atoms with van der Waals surface area (Å²) in [6, 6.07) is 10.5. The van der Waals surface area contributed by atoms with Crippen LogP contribution in [-0.2, 0) is 11.3 Å². The van der Waals surface area contributed by atoms with Gasteiger partial charge in [-0.3, -0.25) is 0 Å². The molecule has 34 heavy (non-hydrogen) atoms. The summed E-state index contributed by atoms with van der Waals surface area (Å²) in [5.74, 6) is -0.306. The summed E-state index contributed by atoms with van der Waals surface area (Å²) in [5.41, 5.74) is 6.69. The Labute approximate surface area is 204 Å². The molecule has 0 spiro atoms. The summed E-state index contributed by atoms with van der Waals surface area (Å²) in [4.78, 5) is 17.0. The summed E-state index contributed by atoms with van der Waals surface area (Å²) in [6.07, 6.45) is 15.9. The van der Waals surface area contributed by atoms with E-state index < -0.39 is 0 Å². The lowest BCUT2D eigenvalue weighted by atomic mass is 10.0. The highest BCUT2D eigenvalue weighted by molar-refractivity contribution is 7.20. The molecular weight excluding hydrogens is 442 g/mol. The number of carbonyl (C=O) groups is 1. The van der Waals surface area contributed by atoms with E-state index in [0.29, 0.717) is 11.4 Å². The molecule has 3 heterocycles. The van der Waals surface area contributed by atoms with Gasteiger partial charge in [-0.1, -0.05) is 50.3 Å². The smallest absolute Gasteiger partial charge is 0.348 e. The molecule has 3 aromatic heterocycles. The van der Waals surface area contributed by atoms with Crippen LogP contribution in [0.15, 0.2) is 85.5 Å². The molecule has 4 rings (SSSR count). The van der Waals surface area contributed by atoms with Crippen LogP contribution in [-0.4, -0.2) is 27.2 Å². The number of ether oxygens (including phenoxy) is 1. The monoisotopic (exact) mass is 471 g/mol. The zero-order valence-electron chi connectivity index (χ0n) is 19.8. The summed E-state index contributed by atoms with van der Waals surface area (Å²) >= 11 is 1.46. The van der Waals surface area contributed by atoms with Crippen LogP contribution >= 0.6 is 11.3 Å². The molecule has 0 unspecified atom stereocenters. The molecular formula is C28H29N3O2S. The van der Waals surface area contributed by atoms with E-state index in [1.807, 2.05) is 29.0 Å². The number of thiophene rings is 1. The fourth-order valence-electron chi connectivity index (χ4n) is 4.04. The number of fused-ring (bicyclic) bond motifs is 1. The number of benzene rings is 1. The number of carbonyl (C=O) groups excluding carboxylic acids is 1. The van der Waals surface area contributed by atoms with Gasteiger partial charge in [-0.15, -0.1) is 11.3 Å². The number of rotatable bonds is 9. The van der Waals surface area contributed by atoms with Gasteiger partial charge in [0.1, 0.15) is 4.88 Å². The highest BCUT2D eigenvalue weighted by atomic mass is 32.1. The molecule has 4 aromatic rings. The molecule has 0 atom stereocenters. The van der Waals surface area contributed by atoms with Gasteiger partial charge < -0.3 is 13.9 Å². The van der Waals surface area contributed by atoms with Crippen molar-refractivity contribution >= 4 is 27.5 Å². The quantitative estimate of drug-likeness (QED) is 0.193. The third kappa shape index (κ3) is 4.82. The minimum Gasteiger partial charge on any atom is -0.465 e. The van der Waals surface area contributed by atoms with Gasteiger partial charge in [0.05, 0.1) is 29.3 Å². The number of allylic oxidation sites excluding steroid dienone is 5. The average Bonchev–Trinajstić information content (AvgIpc) is 3.57. The Morgan fingerprint density at radius 2 is 2.12 bits per heavy atom. The SMILES string of the molecule is C=C/C=C(\C=C/CCC)Cn1c(-c2ccc(-n3ccnc3)cc2C)cc2sc(C(=O)OC)cc21. The van der Waals surface area contributed by atoms with Gasteiger partial charge in [0.15, 0.2) is 0 Å². The molecule has 0 aliphatic rings. The Morgan fingerprint density at radius 3 is 2.79 bits per heavy atom. The van der Waals surface area contributed by atoms with Crippen molar-refractivity contribution in [1.29, 1.82) is 0 Å². The van der Waals surface area contributed by atoms with Crippen LogP contribution < -0.4 is 0 Å². The topological polar surface area (TPSA) is 49.0 Å². The second-order valence-corrected chi connectivity index (χ2v) is 9.19. The largest absolute Gasteiger partial charge is 0.465 e. The summed E-state index contributed by atoms with van der Waals surface area (Å²) in [7, 11) is 1.42. The number of imidazole rings is 1. The lowest BCUT2D eigenvalue weighted by Crippen LogP contribution is -2.03. The van der Waals surface area contributed by atoms with Crippen molar-refractivity contribution in [2.75, 3.05) is 7.11 Å². The van der Waals surface area contributed by atoms with Gasteiger partial charge in [-0.05, 0) is 48.7 Å². The molecule has 0 fully saturated rings. The maximum absolute atomic E-state index is 12.2. The number of methoxy groups -OCH3 is 1. The van der Waals surface area contributed by atoms with Crippen molar-refractivity contribution in [3.8, 4) is 16.9 Å². The van der Waals surface area contributed by atoms with Gasteiger partial charge in [0.25, 0.3) is 0 Å². The van der Waals surface area contributed by atoms with E-state index >= 15 is 0 Å². The van der Waals surface area contributed by atoms with E-state index in [1.54, 1.807) is 12.5 Å². The Morgan fingerprint density at radius 1 is 1.26 bits per heavy atom. The molecule has 0 N–H and O–H groups in total. The lowest BCUT2D eigenvalue weighted by Gasteiger charge is -2.15. The molecule has 0 amide bonds. The van der Waals surface area contributed by atoms with Crippen LogP contribution in [0.3, 0.4) is 0 Å². The van der Waals surface area contributed by atoms with Gasteiger partial charge in [-0.25, -0.2) is 9.78 Å². The molecule has 5 nitrogen and oxygen atoms in total. The van der Waals surface area contributed by atoms with Gasteiger partial charge in [-0.2, -0.15) is 0 Å². The summed E-state index contributed by atoms with van der Waals surface area (Å²) < 4.78 is 10.3. The van der Waals surface area contributed by atoms with Gasteiger partial charge in [0, 0.05) is 30.2 Å². The van der Waals surface area contributed by atoms with Crippen molar-refractivity contribution in [3.63, 3.8) is 0 Å². The van der Waals surface area contributed by atoms with Crippen LogP contribution in [0, 0.1) is 6.92 Å². The third-order valence-electron chi connectivity index (χ3n) is 5.72. The molecule has 0 aliphatic carbocycles. The van der Waals surface area contributed by atoms with Crippen LogP contribution in [0.4, 0.5) is 0 Å². The summed E-state index contributed by atoms with van der Waals surface area (Å²) in [6.45, 7) is 8.87. The number of unbranched alkanes of at least 4 members (excludes halogenated alkanes) is 1. The minimum atomic E-state index is -0.306. The highest BCUT2D eigenvalue weighted by Gasteiger charge is 2.19. The van der Waals surface area contributed by atoms with Crippen molar-refractivity contribution < 1.29 is 9.53 Å². The van der Waals surface area contributed by atoms with E-state index in [9.17, 15) is 4.79 Å². The Kier molecular flexibility index (Phi) is 7.28. The normalized spacial score (nSPS) is 12.0. The molecule has 0 saturated heterocycles. The molecule has 1 aromatic carbocycles. The van der Waals surface area contributed by atoms with E-state index in [2.05, 4.69) is 66.4 Å².